The summed E-state index contributed by atoms with van der Waals surface area (Å²) in [6, 6.07) is 14.3. The summed E-state index contributed by atoms with van der Waals surface area (Å²) in [6.45, 7) is 4.60. The summed E-state index contributed by atoms with van der Waals surface area (Å²) in [7, 11) is 0. The van der Waals surface area contributed by atoms with E-state index in [1.807, 2.05) is 45.3 Å². The summed E-state index contributed by atoms with van der Waals surface area (Å²) in [5.41, 5.74) is 3.13. The van der Waals surface area contributed by atoms with E-state index in [0.29, 0.717) is 0 Å². The zero-order valence-corrected chi connectivity index (χ0v) is 33.5. The molecule has 0 aliphatic carbocycles. The highest BCUT2D eigenvalue weighted by atomic mass is 127. The second kappa shape index (κ2) is 22.2. The Bertz CT molecular complexity index is 1320. The minimum atomic E-state index is 1.22. The first-order chi connectivity index (χ1) is 22.2. The third-order valence-electron chi connectivity index (χ3n) is 9.03. The second-order valence-electron chi connectivity index (χ2n) is 12.9. The Labute approximate surface area is 305 Å². The summed E-state index contributed by atoms with van der Waals surface area (Å²) >= 11 is 10.4. The van der Waals surface area contributed by atoms with Gasteiger partial charge >= 0.3 is 0 Å². The van der Waals surface area contributed by atoms with Gasteiger partial charge in [-0.25, -0.2) is 0 Å². The molecule has 0 aliphatic rings. The topological polar surface area (TPSA) is 0 Å². The lowest BCUT2D eigenvalue weighted by atomic mass is 10.0. The van der Waals surface area contributed by atoms with Crippen LogP contribution in [0.1, 0.15) is 153 Å². The summed E-state index contributed by atoms with van der Waals surface area (Å²) in [5.74, 6) is 0. The molecular formula is C40H57IS4. The zero-order chi connectivity index (χ0) is 31.5. The smallest absolute Gasteiger partial charge is 0.0663 e. The summed E-state index contributed by atoms with van der Waals surface area (Å²) in [6.07, 6.45) is 30.5. The highest BCUT2D eigenvalue weighted by molar-refractivity contribution is 14.1. The number of halogens is 1. The van der Waals surface area contributed by atoms with E-state index in [1.54, 1.807) is 11.1 Å². The van der Waals surface area contributed by atoms with Gasteiger partial charge in [-0.3, -0.25) is 0 Å². The zero-order valence-electron chi connectivity index (χ0n) is 28.1. The average Bonchev–Trinajstić information content (AvgIpc) is 3.86. The quantitative estimate of drug-likeness (QED) is 0.0463. The van der Waals surface area contributed by atoms with Gasteiger partial charge in [0.15, 0.2) is 0 Å². The van der Waals surface area contributed by atoms with Crippen molar-refractivity contribution >= 4 is 67.9 Å². The molecule has 4 aromatic heterocycles. The van der Waals surface area contributed by atoms with Gasteiger partial charge in [-0.15, -0.1) is 45.3 Å². The van der Waals surface area contributed by atoms with Crippen LogP contribution >= 0.6 is 67.9 Å². The monoisotopic (exact) mass is 792 g/mol. The van der Waals surface area contributed by atoms with E-state index in [2.05, 4.69) is 78.2 Å². The maximum absolute atomic E-state index is 2.53. The third-order valence-corrected chi connectivity index (χ3v) is 14.6. The van der Waals surface area contributed by atoms with E-state index >= 15 is 0 Å². The Morgan fingerprint density at radius 2 is 0.867 bits per heavy atom. The highest BCUT2D eigenvalue weighted by Gasteiger charge is 2.15. The van der Waals surface area contributed by atoms with Crippen molar-refractivity contribution in [1.29, 1.82) is 0 Å². The van der Waals surface area contributed by atoms with Crippen LogP contribution in [0.2, 0.25) is 0 Å². The molecule has 4 rings (SSSR count). The summed E-state index contributed by atoms with van der Waals surface area (Å²) in [5, 5.41) is 2.30. The molecule has 0 bridgehead atoms. The van der Waals surface area contributed by atoms with E-state index < -0.39 is 0 Å². The van der Waals surface area contributed by atoms with Gasteiger partial charge in [0.05, 0.1) is 2.88 Å². The molecule has 0 fully saturated rings. The fraction of sp³-hybridized carbons (Fsp3) is 0.600. The van der Waals surface area contributed by atoms with Crippen molar-refractivity contribution in [3.05, 3.63) is 55.8 Å². The Morgan fingerprint density at radius 3 is 1.38 bits per heavy atom. The first-order valence-corrected chi connectivity index (χ1v) is 22.7. The summed E-state index contributed by atoms with van der Waals surface area (Å²) in [4.78, 5) is 8.76. The van der Waals surface area contributed by atoms with E-state index in [9.17, 15) is 0 Å². The molecule has 0 atom stereocenters. The van der Waals surface area contributed by atoms with Gasteiger partial charge in [-0.1, -0.05) is 129 Å². The molecule has 0 aromatic carbocycles. The Hall–Kier alpha value is -0.470. The standard InChI is InChI=1S/C40H57IS4/c1-3-5-7-9-11-13-15-17-19-21-23-32-29-30-42-39(32)36-27-25-34(43-36)35-26-28-37(44-35)40-33(31-38(41)45-40)24-22-20-18-16-14-12-10-8-6-4-2/h25-31H,3-24H2,1-2H3. The predicted octanol–water partition coefficient (Wildman–Crippen LogP) is 16.5. The maximum Gasteiger partial charge on any atom is 0.0663 e. The lowest BCUT2D eigenvalue weighted by Gasteiger charge is -2.04. The molecule has 0 radical (unpaired) electrons. The maximum atomic E-state index is 2.53. The molecule has 0 saturated carbocycles. The molecular weight excluding hydrogens is 736 g/mol. The van der Waals surface area contributed by atoms with Crippen LogP contribution in [0.5, 0.6) is 0 Å². The number of rotatable bonds is 25. The van der Waals surface area contributed by atoms with Crippen LogP contribution in [0.3, 0.4) is 0 Å². The fourth-order valence-corrected chi connectivity index (χ4v) is 11.7. The van der Waals surface area contributed by atoms with Crippen molar-refractivity contribution in [3.63, 3.8) is 0 Å². The number of unbranched alkanes of at least 4 members (excludes halogenated alkanes) is 18. The minimum absolute atomic E-state index is 1.22. The van der Waals surface area contributed by atoms with Gasteiger partial charge < -0.3 is 0 Å². The minimum Gasteiger partial charge on any atom is -0.143 e. The lowest BCUT2D eigenvalue weighted by Crippen LogP contribution is -1.86. The second-order valence-corrected chi connectivity index (χ2v) is 18.9. The highest BCUT2D eigenvalue weighted by Crippen LogP contribution is 2.45. The van der Waals surface area contributed by atoms with Crippen LogP contribution in [0.15, 0.2) is 41.8 Å². The first-order valence-electron chi connectivity index (χ1n) is 18.2. The van der Waals surface area contributed by atoms with Gasteiger partial charge in [-0.05, 0) is 101 Å². The van der Waals surface area contributed by atoms with E-state index in [0.717, 1.165) is 0 Å². The van der Waals surface area contributed by atoms with Crippen molar-refractivity contribution in [2.75, 3.05) is 0 Å². The van der Waals surface area contributed by atoms with Crippen molar-refractivity contribution in [2.24, 2.45) is 0 Å². The molecule has 0 aliphatic heterocycles. The van der Waals surface area contributed by atoms with Crippen molar-refractivity contribution in [3.8, 4) is 29.3 Å². The lowest BCUT2D eigenvalue weighted by molar-refractivity contribution is 0.556. The van der Waals surface area contributed by atoms with Gasteiger partial charge in [0.2, 0.25) is 0 Å². The molecule has 4 heterocycles. The van der Waals surface area contributed by atoms with Crippen molar-refractivity contribution in [1.82, 2.24) is 0 Å². The van der Waals surface area contributed by atoms with Gasteiger partial charge in [0, 0.05) is 29.3 Å². The molecule has 0 saturated heterocycles. The van der Waals surface area contributed by atoms with Crippen LogP contribution in [0.25, 0.3) is 29.3 Å². The van der Waals surface area contributed by atoms with Gasteiger partial charge in [0.25, 0.3) is 0 Å². The van der Waals surface area contributed by atoms with E-state index in [1.165, 1.54) is 173 Å². The van der Waals surface area contributed by atoms with Crippen LogP contribution in [-0.2, 0) is 12.8 Å². The molecule has 0 spiro atoms. The van der Waals surface area contributed by atoms with Gasteiger partial charge in [-0.2, -0.15) is 0 Å². The normalized spacial score (nSPS) is 11.6. The predicted molar refractivity (Wildman–Crippen MR) is 218 cm³/mol. The number of hydrogen-bond donors (Lipinski definition) is 0. The first kappa shape index (κ1) is 37.4. The molecule has 248 valence electrons. The number of aryl methyl sites for hydroxylation is 2. The molecule has 0 N–H and O–H groups in total. The van der Waals surface area contributed by atoms with Crippen LogP contribution in [0.4, 0.5) is 0 Å². The van der Waals surface area contributed by atoms with Crippen LogP contribution in [0, 0.1) is 2.88 Å². The van der Waals surface area contributed by atoms with Crippen LogP contribution in [-0.4, -0.2) is 0 Å². The third kappa shape index (κ3) is 13.2. The Balaban J connectivity index is 1.22. The number of thiophene rings is 4. The van der Waals surface area contributed by atoms with Gasteiger partial charge in [0.1, 0.15) is 0 Å². The van der Waals surface area contributed by atoms with Crippen LogP contribution < -0.4 is 0 Å². The fourth-order valence-electron chi connectivity index (χ4n) is 6.33. The summed E-state index contributed by atoms with van der Waals surface area (Å²) < 4.78 is 1.42. The van der Waals surface area contributed by atoms with Crippen molar-refractivity contribution < 1.29 is 0 Å². The molecule has 5 heteroatoms. The molecule has 45 heavy (non-hydrogen) atoms. The Morgan fingerprint density at radius 1 is 0.444 bits per heavy atom. The molecule has 4 aromatic rings. The Kier molecular flexibility index (Phi) is 18.4. The van der Waals surface area contributed by atoms with E-state index in [-0.39, 0.29) is 0 Å². The molecule has 0 amide bonds. The molecule has 0 unspecified atom stereocenters. The SMILES string of the molecule is CCCCCCCCCCCCc1ccsc1-c1ccc(-c2ccc(-c3sc(I)cc3CCCCCCCCCCCC)s2)s1. The number of hydrogen-bond acceptors (Lipinski definition) is 4. The largest absolute Gasteiger partial charge is 0.143 e. The van der Waals surface area contributed by atoms with E-state index in [4.69, 9.17) is 0 Å². The molecule has 0 nitrogen and oxygen atoms in total. The van der Waals surface area contributed by atoms with Crippen molar-refractivity contribution in [2.45, 2.75) is 155 Å². The average molecular weight is 793 g/mol.